The van der Waals surface area contributed by atoms with Gasteiger partial charge < -0.3 is 0 Å². The number of hydrogen-bond donors (Lipinski definition) is 0. The number of Topliss-reactive ketones (excluding diaryl/α,β-unsaturated/α-hetero) is 1. The molecule has 0 heterocycles. The van der Waals surface area contributed by atoms with Crippen molar-refractivity contribution >= 4 is 17.5 Å². The first-order valence-corrected chi connectivity index (χ1v) is 5.64. The van der Waals surface area contributed by atoms with Crippen LogP contribution in [0, 0.1) is 13.8 Å². The first-order chi connectivity index (χ1) is 6.16. The monoisotopic (exact) mass is 194 g/mol. The summed E-state index contributed by atoms with van der Waals surface area (Å²) in [6.45, 7) is 3.97. The number of rotatable bonds is 3. The molecule has 0 bridgehead atoms. The standard InChI is InChI=1S/C11H14OS/c1-8-5-4-6-9(2)11(8)10(12)7-13-3/h4-6H,7H2,1-3H3. The van der Waals surface area contributed by atoms with Crippen molar-refractivity contribution < 1.29 is 4.79 Å². The Hall–Kier alpha value is -0.760. The Morgan fingerprint density at radius 2 is 1.85 bits per heavy atom. The Morgan fingerprint density at radius 1 is 1.31 bits per heavy atom. The molecule has 2 heteroatoms. The Balaban J connectivity index is 3.05. The van der Waals surface area contributed by atoms with Crippen molar-refractivity contribution in [2.75, 3.05) is 12.0 Å². The lowest BCUT2D eigenvalue weighted by atomic mass is 10.0. The van der Waals surface area contributed by atoms with Crippen LogP contribution in [-0.2, 0) is 0 Å². The molecule has 1 aromatic rings. The maximum Gasteiger partial charge on any atom is 0.173 e. The molecule has 0 aromatic heterocycles. The lowest BCUT2D eigenvalue weighted by Crippen LogP contribution is -2.06. The van der Waals surface area contributed by atoms with Crippen LogP contribution in [0.4, 0.5) is 0 Å². The molecule has 70 valence electrons. The zero-order valence-electron chi connectivity index (χ0n) is 8.26. The SMILES string of the molecule is CSCC(=O)c1c(C)cccc1C. The Bertz CT molecular complexity index is 298. The summed E-state index contributed by atoms with van der Waals surface area (Å²) in [5.41, 5.74) is 3.06. The molecule has 0 N–H and O–H groups in total. The van der Waals surface area contributed by atoms with Crippen molar-refractivity contribution in [2.45, 2.75) is 13.8 Å². The van der Waals surface area contributed by atoms with E-state index in [1.807, 2.05) is 38.3 Å². The van der Waals surface area contributed by atoms with Crippen LogP contribution in [0.3, 0.4) is 0 Å². The van der Waals surface area contributed by atoms with Crippen LogP contribution < -0.4 is 0 Å². The third-order valence-corrected chi connectivity index (χ3v) is 2.59. The largest absolute Gasteiger partial charge is 0.293 e. The summed E-state index contributed by atoms with van der Waals surface area (Å²) in [6, 6.07) is 5.96. The van der Waals surface area contributed by atoms with E-state index in [4.69, 9.17) is 0 Å². The first-order valence-electron chi connectivity index (χ1n) is 4.25. The zero-order valence-corrected chi connectivity index (χ0v) is 9.07. The number of benzene rings is 1. The van der Waals surface area contributed by atoms with Gasteiger partial charge in [0.2, 0.25) is 0 Å². The fourth-order valence-corrected chi connectivity index (χ4v) is 1.86. The zero-order chi connectivity index (χ0) is 9.84. The van der Waals surface area contributed by atoms with Crippen molar-refractivity contribution in [1.29, 1.82) is 0 Å². The minimum absolute atomic E-state index is 0.239. The number of aryl methyl sites for hydroxylation is 2. The predicted molar refractivity (Wildman–Crippen MR) is 58.6 cm³/mol. The fraction of sp³-hybridized carbons (Fsp3) is 0.364. The highest BCUT2D eigenvalue weighted by Crippen LogP contribution is 2.15. The molecule has 0 radical (unpaired) electrons. The Morgan fingerprint density at radius 3 is 2.31 bits per heavy atom. The van der Waals surface area contributed by atoms with Crippen LogP contribution >= 0.6 is 11.8 Å². The normalized spacial score (nSPS) is 10.1. The van der Waals surface area contributed by atoms with Gasteiger partial charge in [-0.2, -0.15) is 11.8 Å². The lowest BCUT2D eigenvalue weighted by Gasteiger charge is -2.06. The van der Waals surface area contributed by atoms with Gasteiger partial charge in [-0.05, 0) is 31.2 Å². The summed E-state index contributed by atoms with van der Waals surface area (Å²) in [4.78, 5) is 11.7. The molecule has 1 aromatic carbocycles. The fourth-order valence-electron chi connectivity index (χ4n) is 1.46. The van der Waals surface area contributed by atoms with Crippen molar-refractivity contribution in [2.24, 2.45) is 0 Å². The Labute approximate surface area is 83.5 Å². The van der Waals surface area contributed by atoms with Gasteiger partial charge in [-0.25, -0.2) is 0 Å². The summed E-state index contributed by atoms with van der Waals surface area (Å²) in [6.07, 6.45) is 1.95. The second kappa shape index (κ2) is 4.47. The van der Waals surface area contributed by atoms with E-state index in [9.17, 15) is 4.79 Å². The molecule has 0 aliphatic carbocycles. The molecule has 1 rings (SSSR count). The summed E-state index contributed by atoms with van der Waals surface area (Å²) >= 11 is 1.57. The van der Waals surface area contributed by atoms with Crippen LogP contribution in [0.2, 0.25) is 0 Å². The van der Waals surface area contributed by atoms with E-state index >= 15 is 0 Å². The minimum atomic E-state index is 0.239. The molecule has 0 spiro atoms. The van der Waals surface area contributed by atoms with Crippen molar-refractivity contribution in [1.82, 2.24) is 0 Å². The number of thioether (sulfide) groups is 1. The molecular formula is C11H14OS. The van der Waals surface area contributed by atoms with Gasteiger partial charge in [-0.15, -0.1) is 0 Å². The highest BCUT2D eigenvalue weighted by Gasteiger charge is 2.10. The van der Waals surface area contributed by atoms with Gasteiger partial charge in [0.05, 0.1) is 5.75 Å². The van der Waals surface area contributed by atoms with Gasteiger partial charge in [-0.3, -0.25) is 4.79 Å². The maximum atomic E-state index is 11.7. The topological polar surface area (TPSA) is 17.1 Å². The molecule has 0 aliphatic heterocycles. The second-order valence-electron chi connectivity index (χ2n) is 3.12. The molecule has 0 unspecified atom stereocenters. The smallest absolute Gasteiger partial charge is 0.173 e. The summed E-state index contributed by atoms with van der Waals surface area (Å²) < 4.78 is 0. The Kier molecular flexibility index (Phi) is 3.55. The van der Waals surface area contributed by atoms with Gasteiger partial charge in [0.15, 0.2) is 5.78 Å². The number of carbonyl (C=O) groups is 1. The number of hydrogen-bond acceptors (Lipinski definition) is 2. The van der Waals surface area contributed by atoms with E-state index in [2.05, 4.69) is 0 Å². The highest BCUT2D eigenvalue weighted by molar-refractivity contribution is 7.99. The van der Waals surface area contributed by atoms with E-state index in [1.165, 1.54) is 0 Å². The average molecular weight is 194 g/mol. The van der Waals surface area contributed by atoms with Crippen LogP contribution in [0.15, 0.2) is 18.2 Å². The van der Waals surface area contributed by atoms with Gasteiger partial charge in [0.25, 0.3) is 0 Å². The number of ketones is 1. The van der Waals surface area contributed by atoms with Crippen molar-refractivity contribution in [3.05, 3.63) is 34.9 Å². The van der Waals surface area contributed by atoms with Crippen LogP contribution in [0.1, 0.15) is 21.5 Å². The number of carbonyl (C=O) groups excluding carboxylic acids is 1. The summed E-state index contributed by atoms with van der Waals surface area (Å²) in [5.74, 6) is 0.814. The van der Waals surface area contributed by atoms with Crippen molar-refractivity contribution in [3.8, 4) is 0 Å². The molecule has 0 aliphatic rings. The summed E-state index contributed by atoms with van der Waals surface area (Å²) in [5, 5.41) is 0. The van der Waals surface area contributed by atoms with Crippen LogP contribution in [0.5, 0.6) is 0 Å². The molecule has 0 atom stereocenters. The lowest BCUT2D eigenvalue weighted by molar-refractivity contribution is 0.102. The average Bonchev–Trinajstić information content (AvgIpc) is 2.04. The predicted octanol–water partition coefficient (Wildman–Crippen LogP) is 2.85. The van der Waals surface area contributed by atoms with E-state index < -0.39 is 0 Å². The van der Waals surface area contributed by atoms with Gasteiger partial charge >= 0.3 is 0 Å². The third kappa shape index (κ3) is 2.34. The van der Waals surface area contributed by atoms with E-state index in [1.54, 1.807) is 11.8 Å². The minimum Gasteiger partial charge on any atom is -0.293 e. The molecule has 0 fully saturated rings. The van der Waals surface area contributed by atoms with Crippen LogP contribution in [-0.4, -0.2) is 17.8 Å². The van der Waals surface area contributed by atoms with Crippen molar-refractivity contribution in [3.63, 3.8) is 0 Å². The van der Waals surface area contributed by atoms with Gasteiger partial charge in [-0.1, -0.05) is 18.2 Å². The highest BCUT2D eigenvalue weighted by atomic mass is 32.2. The van der Waals surface area contributed by atoms with E-state index in [0.717, 1.165) is 16.7 Å². The molecule has 13 heavy (non-hydrogen) atoms. The third-order valence-electron chi connectivity index (χ3n) is 2.04. The molecule has 0 saturated heterocycles. The molecule has 0 saturated carbocycles. The summed E-state index contributed by atoms with van der Waals surface area (Å²) in [7, 11) is 0. The van der Waals surface area contributed by atoms with E-state index in [-0.39, 0.29) is 5.78 Å². The van der Waals surface area contributed by atoms with Gasteiger partial charge in [0.1, 0.15) is 0 Å². The van der Waals surface area contributed by atoms with Gasteiger partial charge in [0, 0.05) is 5.56 Å². The molecule has 1 nitrogen and oxygen atoms in total. The molecular weight excluding hydrogens is 180 g/mol. The quantitative estimate of drug-likeness (QED) is 0.688. The molecule has 0 amide bonds. The van der Waals surface area contributed by atoms with E-state index in [0.29, 0.717) is 5.75 Å². The maximum absolute atomic E-state index is 11.7. The second-order valence-corrected chi connectivity index (χ2v) is 3.99. The first kappa shape index (κ1) is 10.3. The van der Waals surface area contributed by atoms with Crippen LogP contribution in [0.25, 0.3) is 0 Å².